The first-order valence-electron chi connectivity index (χ1n) is 10.2. The molecule has 0 aromatic heterocycles. The molecule has 0 radical (unpaired) electrons. The lowest BCUT2D eigenvalue weighted by Crippen LogP contribution is -2.27. The van der Waals surface area contributed by atoms with Gasteiger partial charge in [0.25, 0.3) is 11.6 Å². The van der Waals surface area contributed by atoms with Crippen LogP contribution in [-0.4, -0.2) is 22.3 Å². The van der Waals surface area contributed by atoms with E-state index in [1.807, 2.05) is 61.5 Å². The number of hydrogen-bond donors (Lipinski definition) is 0. The molecule has 7 nitrogen and oxygen atoms in total. The average Bonchev–Trinajstić information content (AvgIpc) is 3.11. The van der Waals surface area contributed by atoms with Gasteiger partial charge in [0.1, 0.15) is 6.61 Å². The summed E-state index contributed by atoms with van der Waals surface area (Å²) in [4.78, 5) is 26.1. The number of rotatable bonds is 7. The minimum atomic E-state index is -0.513. The van der Waals surface area contributed by atoms with E-state index in [1.165, 1.54) is 30.2 Å². The van der Waals surface area contributed by atoms with Crippen molar-refractivity contribution in [3.63, 3.8) is 0 Å². The third-order valence-corrected chi connectivity index (χ3v) is 6.42. The Morgan fingerprint density at radius 2 is 1.79 bits per heavy atom. The van der Waals surface area contributed by atoms with Crippen LogP contribution in [0.4, 0.5) is 11.4 Å². The second-order valence-corrected chi connectivity index (χ2v) is 9.12. The van der Waals surface area contributed by atoms with E-state index in [2.05, 4.69) is 0 Å². The standard InChI is InChI=1S/C25H20N2O5S2/c1-16-8-10-19(11-9-16)26-24(28)23(34-25(26)33)13-18-12-21(31-2)22(14-20(18)27(29)30)32-15-17-6-4-3-5-7-17/h3-14H,15H2,1-2H3/b23-13-. The van der Waals surface area contributed by atoms with Crippen molar-refractivity contribution >= 4 is 51.7 Å². The molecule has 1 heterocycles. The van der Waals surface area contributed by atoms with Crippen LogP contribution >= 0.6 is 24.0 Å². The van der Waals surface area contributed by atoms with Crippen LogP contribution in [0.15, 0.2) is 71.6 Å². The third kappa shape index (κ3) is 4.95. The van der Waals surface area contributed by atoms with Gasteiger partial charge in [-0.25, -0.2) is 0 Å². The monoisotopic (exact) mass is 492 g/mol. The van der Waals surface area contributed by atoms with Crippen LogP contribution in [-0.2, 0) is 11.4 Å². The highest BCUT2D eigenvalue weighted by atomic mass is 32.2. The molecule has 1 aliphatic heterocycles. The smallest absolute Gasteiger partial charge is 0.280 e. The number of anilines is 1. The van der Waals surface area contributed by atoms with Crippen LogP contribution in [0.1, 0.15) is 16.7 Å². The molecular weight excluding hydrogens is 472 g/mol. The first kappa shape index (κ1) is 23.5. The van der Waals surface area contributed by atoms with Gasteiger partial charge in [0.2, 0.25) is 0 Å². The number of nitro benzene ring substituents is 1. The van der Waals surface area contributed by atoms with Gasteiger partial charge in [-0.2, -0.15) is 0 Å². The molecule has 0 aliphatic carbocycles. The molecule has 1 amide bonds. The lowest BCUT2D eigenvalue weighted by Gasteiger charge is -2.14. The minimum absolute atomic E-state index is 0.204. The summed E-state index contributed by atoms with van der Waals surface area (Å²) in [6, 6.07) is 19.7. The van der Waals surface area contributed by atoms with Crippen molar-refractivity contribution in [3.8, 4) is 11.5 Å². The second kappa shape index (κ2) is 10.1. The molecule has 4 rings (SSSR count). The van der Waals surface area contributed by atoms with E-state index >= 15 is 0 Å². The lowest BCUT2D eigenvalue weighted by atomic mass is 10.1. The molecular formula is C25H20N2O5S2. The zero-order valence-corrected chi connectivity index (χ0v) is 20.0. The molecule has 0 saturated carbocycles. The number of aryl methyl sites for hydroxylation is 1. The van der Waals surface area contributed by atoms with Crippen molar-refractivity contribution in [2.24, 2.45) is 0 Å². The van der Waals surface area contributed by atoms with Crippen molar-refractivity contribution in [1.29, 1.82) is 0 Å². The number of carbonyl (C=O) groups excluding carboxylic acids is 1. The fourth-order valence-corrected chi connectivity index (χ4v) is 4.66. The molecule has 0 bridgehead atoms. The summed E-state index contributed by atoms with van der Waals surface area (Å²) in [6.45, 7) is 2.18. The van der Waals surface area contributed by atoms with Gasteiger partial charge >= 0.3 is 0 Å². The van der Waals surface area contributed by atoms with Crippen LogP contribution in [0, 0.1) is 17.0 Å². The van der Waals surface area contributed by atoms with Crippen molar-refractivity contribution in [3.05, 3.63) is 98.4 Å². The van der Waals surface area contributed by atoms with Gasteiger partial charge in [-0.05, 0) is 36.8 Å². The fourth-order valence-electron chi connectivity index (χ4n) is 3.37. The SMILES string of the molecule is COc1cc(/C=C2\SC(=S)N(c3ccc(C)cc3)C2=O)c([N+](=O)[O-])cc1OCc1ccccc1. The Morgan fingerprint density at radius 1 is 1.09 bits per heavy atom. The Balaban J connectivity index is 1.66. The maximum atomic E-state index is 13.1. The molecule has 172 valence electrons. The van der Waals surface area contributed by atoms with E-state index in [0.29, 0.717) is 15.8 Å². The Morgan fingerprint density at radius 3 is 2.44 bits per heavy atom. The highest BCUT2D eigenvalue weighted by molar-refractivity contribution is 8.27. The summed E-state index contributed by atoms with van der Waals surface area (Å²) in [5.41, 5.74) is 2.63. The number of ether oxygens (including phenoxy) is 2. The zero-order chi connectivity index (χ0) is 24.2. The van der Waals surface area contributed by atoms with Crippen LogP contribution in [0.5, 0.6) is 11.5 Å². The molecule has 1 fully saturated rings. The number of nitrogens with zero attached hydrogens (tertiary/aromatic N) is 2. The van der Waals surface area contributed by atoms with Crippen LogP contribution in [0.25, 0.3) is 6.08 Å². The number of benzene rings is 3. The van der Waals surface area contributed by atoms with Crippen molar-refractivity contribution in [1.82, 2.24) is 0 Å². The first-order chi connectivity index (χ1) is 16.4. The summed E-state index contributed by atoms with van der Waals surface area (Å²) in [6.07, 6.45) is 1.47. The van der Waals surface area contributed by atoms with E-state index < -0.39 is 4.92 Å². The normalized spacial score (nSPS) is 14.5. The highest BCUT2D eigenvalue weighted by Gasteiger charge is 2.34. The molecule has 0 N–H and O–H groups in total. The van der Waals surface area contributed by atoms with E-state index in [-0.39, 0.29) is 34.4 Å². The molecule has 3 aromatic carbocycles. The average molecular weight is 493 g/mol. The third-order valence-electron chi connectivity index (χ3n) is 5.12. The maximum absolute atomic E-state index is 13.1. The van der Waals surface area contributed by atoms with Gasteiger partial charge < -0.3 is 9.47 Å². The van der Waals surface area contributed by atoms with Crippen molar-refractivity contribution in [2.75, 3.05) is 12.0 Å². The summed E-state index contributed by atoms with van der Waals surface area (Å²) >= 11 is 6.50. The number of thiocarbonyl (C=S) groups is 1. The number of methoxy groups -OCH3 is 1. The van der Waals surface area contributed by atoms with E-state index in [0.717, 1.165) is 22.9 Å². The fraction of sp³-hybridized carbons (Fsp3) is 0.120. The zero-order valence-electron chi connectivity index (χ0n) is 18.4. The van der Waals surface area contributed by atoms with Gasteiger partial charge in [0, 0.05) is 0 Å². The molecule has 0 unspecified atom stereocenters. The predicted octanol–water partition coefficient (Wildman–Crippen LogP) is 5.90. The van der Waals surface area contributed by atoms with Crippen molar-refractivity contribution < 1.29 is 19.2 Å². The Hall–Kier alpha value is -3.69. The minimum Gasteiger partial charge on any atom is -0.493 e. The summed E-state index contributed by atoms with van der Waals surface area (Å²) in [7, 11) is 1.46. The van der Waals surface area contributed by atoms with Gasteiger partial charge in [0.05, 0.1) is 34.3 Å². The number of nitro groups is 1. The number of hydrogen-bond acceptors (Lipinski definition) is 7. The highest BCUT2D eigenvalue weighted by Crippen LogP contribution is 2.40. The number of carbonyl (C=O) groups is 1. The van der Waals surface area contributed by atoms with Gasteiger partial charge in [0.15, 0.2) is 15.8 Å². The summed E-state index contributed by atoms with van der Waals surface area (Å²) < 4.78 is 11.6. The van der Waals surface area contributed by atoms with Crippen LogP contribution in [0.3, 0.4) is 0 Å². The first-order valence-corrected chi connectivity index (χ1v) is 11.5. The van der Waals surface area contributed by atoms with Crippen LogP contribution < -0.4 is 14.4 Å². The molecule has 1 aliphatic rings. The quantitative estimate of drug-likeness (QED) is 0.176. The second-order valence-electron chi connectivity index (χ2n) is 7.45. The predicted molar refractivity (Wildman–Crippen MR) is 137 cm³/mol. The molecule has 9 heteroatoms. The topological polar surface area (TPSA) is 81.9 Å². The van der Waals surface area contributed by atoms with Gasteiger partial charge in [-0.15, -0.1) is 0 Å². The molecule has 3 aromatic rings. The van der Waals surface area contributed by atoms with E-state index in [9.17, 15) is 14.9 Å². The van der Waals surface area contributed by atoms with E-state index in [4.69, 9.17) is 21.7 Å². The number of thioether (sulfide) groups is 1. The Kier molecular flexibility index (Phi) is 6.95. The largest absolute Gasteiger partial charge is 0.493 e. The molecule has 34 heavy (non-hydrogen) atoms. The summed E-state index contributed by atoms with van der Waals surface area (Å²) in [5, 5.41) is 11.8. The summed E-state index contributed by atoms with van der Waals surface area (Å²) in [5.74, 6) is 0.223. The maximum Gasteiger partial charge on any atom is 0.280 e. The van der Waals surface area contributed by atoms with E-state index in [1.54, 1.807) is 0 Å². The molecule has 1 saturated heterocycles. The Bertz CT molecular complexity index is 1290. The molecule has 0 spiro atoms. The lowest BCUT2D eigenvalue weighted by molar-refractivity contribution is -0.385. The van der Waals surface area contributed by atoms with Crippen molar-refractivity contribution in [2.45, 2.75) is 13.5 Å². The van der Waals surface area contributed by atoms with Gasteiger partial charge in [-0.3, -0.25) is 19.8 Å². The number of amides is 1. The van der Waals surface area contributed by atoms with Gasteiger partial charge in [-0.1, -0.05) is 72.0 Å². The molecule has 0 atom stereocenters. The van der Waals surface area contributed by atoms with Crippen LogP contribution in [0.2, 0.25) is 0 Å². The Labute approximate surface area is 206 Å².